The number of halogens is 6. The van der Waals surface area contributed by atoms with Crippen LogP contribution in [0.1, 0.15) is 53.0 Å². The van der Waals surface area contributed by atoms with Gasteiger partial charge in [-0.3, -0.25) is 14.5 Å². The summed E-state index contributed by atoms with van der Waals surface area (Å²) in [5.74, 6) is -1.74. The zero-order chi connectivity index (χ0) is 28.9. The maximum Gasteiger partial charge on any atom is 0.389 e. The predicted octanol–water partition coefficient (Wildman–Crippen LogP) is 7.74. The van der Waals surface area contributed by atoms with Gasteiger partial charge in [-0.2, -0.15) is 13.2 Å². The van der Waals surface area contributed by atoms with Crippen molar-refractivity contribution in [3.05, 3.63) is 81.2 Å². The van der Waals surface area contributed by atoms with E-state index >= 15 is 0 Å². The highest BCUT2D eigenvalue weighted by Crippen LogP contribution is 2.34. The van der Waals surface area contributed by atoms with Crippen molar-refractivity contribution >= 4 is 40.8 Å². The average Bonchev–Trinajstić information content (AvgIpc) is 2.86. The van der Waals surface area contributed by atoms with Crippen LogP contribution in [0.3, 0.4) is 0 Å². The molecule has 11 heteroatoms. The van der Waals surface area contributed by atoms with Crippen LogP contribution < -0.4 is 10.2 Å². The van der Waals surface area contributed by atoms with Crippen molar-refractivity contribution < 1.29 is 27.2 Å². The number of hydrogen-bond acceptors (Lipinski definition) is 3. The average molecular weight is 584 g/mol. The summed E-state index contributed by atoms with van der Waals surface area (Å²) in [6, 6.07) is 9.76. The first-order valence-electron chi connectivity index (χ1n) is 12.1. The van der Waals surface area contributed by atoms with Crippen LogP contribution in [0.15, 0.2) is 48.7 Å². The monoisotopic (exact) mass is 583 g/mol. The summed E-state index contributed by atoms with van der Waals surface area (Å²) in [7, 11) is 1.28. The topological polar surface area (TPSA) is 62.3 Å². The second kappa shape index (κ2) is 12.8. The number of nitrogens with one attached hydrogen (secondary N) is 1. The van der Waals surface area contributed by atoms with Crippen molar-refractivity contribution in [2.24, 2.45) is 5.92 Å². The van der Waals surface area contributed by atoms with Gasteiger partial charge in [0.05, 0.1) is 10.6 Å². The molecule has 2 amide bonds. The van der Waals surface area contributed by atoms with Gasteiger partial charge in [-0.15, -0.1) is 0 Å². The minimum atomic E-state index is -4.48. The van der Waals surface area contributed by atoms with Crippen LogP contribution in [-0.2, 0) is 6.42 Å². The molecule has 3 rings (SSSR count). The zero-order valence-corrected chi connectivity index (χ0v) is 23.0. The number of aromatic nitrogens is 1. The Hall–Kier alpha value is -3.17. The van der Waals surface area contributed by atoms with Crippen LogP contribution in [0.25, 0.3) is 11.1 Å². The molecule has 5 nitrogen and oxygen atoms in total. The number of aryl methyl sites for hydroxylation is 1. The maximum atomic E-state index is 14.4. The van der Waals surface area contributed by atoms with Crippen molar-refractivity contribution in [3.63, 3.8) is 0 Å². The second-order valence-corrected chi connectivity index (χ2v) is 10.2. The summed E-state index contributed by atoms with van der Waals surface area (Å²) in [5, 5.41) is 2.94. The largest absolute Gasteiger partial charge is 0.389 e. The van der Waals surface area contributed by atoms with Crippen molar-refractivity contribution in [3.8, 4) is 11.1 Å². The summed E-state index contributed by atoms with van der Waals surface area (Å²) in [6.45, 7) is 4.56. The highest BCUT2D eigenvalue weighted by Gasteiger charge is 2.29. The Morgan fingerprint density at radius 2 is 1.79 bits per heavy atom. The van der Waals surface area contributed by atoms with Gasteiger partial charge in [0.15, 0.2) is 0 Å². The lowest BCUT2D eigenvalue weighted by atomic mass is 10.00. The molecule has 0 fully saturated rings. The van der Waals surface area contributed by atoms with Gasteiger partial charge in [0.1, 0.15) is 11.6 Å². The molecule has 0 aliphatic rings. The van der Waals surface area contributed by atoms with E-state index in [4.69, 9.17) is 23.2 Å². The minimum Gasteiger partial charge on any atom is -0.352 e. The van der Waals surface area contributed by atoms with Gasteiger partial charge < -0.3 is 5.32 Å². The lowest BCUT2D eigenvalue weighted by Gasteiger charge is -2.22. The SMILES string of the molecule is CC(C)CCNC(=O)c1ccc(Cl)c(-c2cnc(N(C)C(=O)c3c(F)cccc3Cl)c(CCC(F)(F)F)c2)c1. The summed E-state index contributed by atoms with van der Waals surface area (Å²) in [5.41, 5.74) is 0.708. The summed E-state index contributed by atoms with van der Waals surface area (Å²) >= 11 is 12.4. The van der Waals surface area contributed by atoms with E-state index < -0.39 is 36.3 Å². The molecule has 0 saturated carbocycles. The van der Waals surface area contributed by atoms with Crippen molar-refractivity contribution in [1.82, 2.24) is 10.3 Å². The molecule has 39 heavy (non-hydrogen) atoms. The van der Waals surface area contributed by atoms with Gasteiger partial charge >= 0.3 is 6.18 Å². The van der Waals surface area contributed by atoms with Crippen LogP contribution in [0.2, 0.25) is 10.0 Å². The summed E-state index contributed by atoms with van der Waals surface area (Å²) in [6.07, 6.45) is -4.03. The number of pyridine rings is 1. The van der Waals surface area contributed by atoms with E-state index in [1.165, 1.54) is 43.6 Å². The van der Waals surface area contributed by atoms with E-state index in [1.54, 1.807) is 6.07 Å². The molecule has 2 aromatic carbocycles. The number of benzene rings is 2. The van der Waals surface area contributed by atoms with Crippen LogP contribution in [0.5, 0.6) is 0 Å². The number of nitrogens with zero attached hydrogens (tertiary/aromatic N) is 2. The summed E-state index contributed by atoms with van der Waals surface area (Å²) in [4.78, 5) is 30.9. The van der Waals surface area contributed by atoms with Gasteiger partial charge in [-0.1, -0.05) is 43.1 Å². The number of alkyl halides is 3. The van der Waals surface area contributed by atoms with Crippen molar-refractivity contribution in [2.45, 2.75) is 39.3 Å². The molecule has 1 N–H and O–H groups in total. The van der Waals surface area contributed by atoms with Gasteiger partial charge in [-0.25, -0.2) is 9.37 Å². The first-order chi connectivity index (χ1) is 18.3. The number of hydrogen-bond donors (Lipinski definition) is 1. The molecular formula is C28H27Cl2F4N3O2. The molecular weight excluding hydrogens is 557 g/mol. The highest BCUT2D eigenvalue weighted by molar-refractivity contribution is 6.34. The highest BCUT2D eigenvalue weighted by atomic mass is 35.5. The van der Waals surface area contributed by atoms with Crippen LogP contribution >= 0.6 is 23.2 Å². The third kappa shape index (κ3) is 7.92. The van der Waals surface area contributed by atoms with Gasteiger partial charge in [0, 0.05) is 47.9 Å². The molecule has 1 heterocycles. The minimum absolute atomic E-state index is 0.0796. The first kappa shape index (κ1) is 30.4. The zero-order valence-electron chi connectivity index (χ0n) is 21.5. The third-order valence-corrected chi connectivity index (χ3v) is 6.61. The van der Waals surface area contributed by atoms with E-state index in [1.807, 2.05) is 13.8 Å². The van der Waals surface area contributed by atoms with E-state index in [0.717, 1.165) is 17.4 Å². The quantitative estimate of drug-likeness (QED) is 0.262. The Kier molecular flexibility index (Phi) is 9.96. The standard InChI is InChI=1S/C28H27Cl2F4N3O2/c1-16(2)10-12-35-26(38)18-7-8-21(29)20(14-18)19-13-17(9-11-28(32,33)34)25(36-15-19)37(3)27(39)24-22(30)5-4-6-23(24)31/h4-8,13-16H,9-12H2,1-3H3,(H,35,38). The first-order valence-corrected chi connectivity index (χ1v) is 12.9. The number of amides is 2. The maximum absolute atomic E-state index is 14.4. The van der Waals surface area contributed by atoms with E-state index in [2.05, 4.69) is 10.3 Å². The molecule has 208 valence electrons. The number of carbonyl (C=O) groups is 2. The smallest absolute Gasteiger partial charge is 0.352 e. The van der Waals surface area contributed by atoms with Crippen molar-refractivity contribution in [2.75, 3.05) is 18.5 Å². The van der Waals surface area contributed by atoms with Gasteiger partial charge in [0.25, 0.3) is 11.8 Å². The van der Waals surface area contributed by atoms with Gasteiger partial charge in [-0.05, 0) is 60.7 Å². The van der Waals surface area contributed by atoms with Gasteiger partial charge in [0.2, 0.25) is 0 Å². The van der Waals surface area contributed by atoms with E-state index in [0.29, 0.717) is 29.2 Å². The Bertz CT molecular complexity index is 1340. The molecule has 1 aromatic heterocycles. The number of anilines is 1. The molecule has 0 aliphatic carbocycles. The Morgan fingerprint density at radius 1 is 1.08 bits per heavy atom. The lowest BCUT2D eigenvalue weighted by molar-refractivity contribution is -0.133. The molecule has 0 spiro atoms. The Labute approximate surface area is 234 Å². The number of carbonyl (C=O) groups excluding carboxylic acids is 2. The molecule has 0 atom stereocenters. The fourth-order valence-corrected chi connectivity index (χ4v) is 4.31. The van der Waals surface area contributed by atoms with Crippen LogP contribution in [-0.4, -0.2) is 36.6 Å². The third-order valence-electron chi connectivity index (χ3n) is 5.97. The fourth-order valence-electron chi connectivity index (χ4n) is 3.84. The normalized spacial score (nSPS) is 11.5. The number of rotatable bonds is 9. The molecule has 0 unspecified atom stereocenters. The van der Waals surface area contributed by atoms with Crippen molar-refractivity contribution in [1.29, 1.82) is 0 Å². The lowest BCUT2D eigenvalue weighted by Crippen LogP contribution is -2.29. The fraction of sp³-hybridized carbons (Fsp3) is 0.321. The molecule has 3 aromatic rings. The van der Waals surface area contributed by atoms with E-state index in [-0.39, 0.29) is 27.3 Å². The predicted molar refractivity (Wildman–Crippen MR) is 145 cm³/mol. The second-order valence-electron chi connectivity index (χ2n) is 9.42. The Balaban J connectivity index is 2.01. The molecule has 0 radical (unpaired) electrons. The van der Waals surface area contributed by atoms with Crippen LogP contribution in [0, 0.1) is 11.7 Å². The van der Waals surface area contributed by atoms with Crippen LogP contribution in [0.4, 0.5) is 23.4 Å². The van der Waals surface area contributed by atoms with E-state index in [9.17, 15) is 27.2 Å². The molecule has 0 aliphatic heterocycles. The molecule has 0 saturated heterocycles. The Morgan fingerprint density at radius 3 is 2.44 bits per heavy atom. The molecule has 0 bridgehead atoms. The summed E-state index contributed by atoms with van der Waals surface area (Å²) < 4.78 is 53.8.